The van der Waals surface area contributed by atoms with Crippen LogP contribution in [0.3, 0.4) is 0 Å². The summed E-state index contributed by atoms with van der Waals surface area (Å²) in [5, 5.41) is 9.27. The predicted molar refractivity (Wildman–Crippen MR) is 47.0 cm³/mol. The highest BCUT2D eigenvalue weighted by Crippen LogP contribution is 2.24. The van der Waals surface area contributed by atoms with Gasteiger partial charge in [-0.15, -0.1) is 0 Å². The number of benzene rings is 1. The van der Waals surface area contributed by atoms with Gasteiger partial charge in [-0.3, -0.25) is 5.73 Å². The lowest BCUT2D eigenvalue weighted by atomic mass is 10.3. The fourth-order valence-electron chi connectivity index (χ4n) is 0.803. The van der Waals surface area contributed by atoms with E-state index in [4.69, 9.17) is 10.5 Å². The summed E-state index contributed by atoms with van der Waals surface area (Å²) < 4.78 is 5.22. The molecule has 0 saturated carbocycles. The smallest absolute Gasteiger partial charge is 0.163 e. The lowest BCUT2D eigenvalue weighted by Gasteiger charge is -2.12. The number of aromatic hydroxyl groups is 1. The Morgan fingerprint density at radius 2 is 2.17 bits per heavy atom. The fraction of sp³-hybridized carbons (Fsp3) is 0.333. The second-order valence-electron chi connectivity index (χ2n) is 2.53. The van der Waals surface area contributed by atoms with Crippen LogP contribution in [0.15, 0.2) is 24.3 Å². The average Bonchev–Trinajstić information content (AvgIpc) is 2.09. The van der Waals surface area contributed by atoms with Crippen molar-refractivity contribution < 1.29 is 9.84 Å². The average molecular weight is 167 g/mol. The summed E-state index contributed by atoms with van der Waals surface area (Å²) in [4.78, 5) is 0. The van der Waals surface area contributed by atoms with Gasteiger partial charge in [0.1, 0.15) is 6.23 Å². The molecule has 1 aromatic rings. The lowest BCUT2D eigenvalue weighted by molar-refractivity contribution is 0.197. The Kier molecular flexibility index (Phi) is 2.94. The predicted octanol–water partition coefficient (Wildman–Crippen LogP) is 1.47. The van der Waals surface area contributed by atoms with E-state index in [1.807, 2.05) is 6.92 Å². The van der Waals surface area contributed by atoms with Crippen LogP contribution in [-0.4, -0.2) is 11.3 Å². The molecule has 3 N–H and O–H groups in total. The van der Waals surface area contributed by atoms with Gasteiger partial charge in [-0.05, 0) is 18.6 Å². The highest BCUT2D eigenvalue weighted by Gasteiger charge is 2.04. The molecular weight excluding hydrogens is 154 g/mol. The summed E-state index contributed by atoms with van der Waals surface area (Å²) in [6.07, 6.45) is 0.368. The highest BCUT2D eigenvalue weighted by atomic mass is 16.5. The van der Waals surface area contributed by atoms with E-state index >= 15 is 0 Å². The molecule has 0 aliphatic heterocycles. The molecule has 1 rings (SSSR count). The van der Waals surface area contributed by atoms with Gasteiger partial charge < -0.3 is 9.84 Å². The molecule has 0 radical (unpaired) electrons. The normalized spacial score (nSPS) is 12.5. The van der Waals surface area contributed by atoms with E-state index in [1.165, 1.54) is 0 Å². The number of nitrogens with two attached hydrogens (primary N) is 1. The first-order valence-electron chi connectivity index (χ1n) is 3.94. The van der Waals surface area contributed by atoms with Crippen molar-refractivity contribution in [3.05, 3.63) is 24.3 Å². The Morgan fingerprint density at radius 1 is 1.50 bits per heavy atom. The molecule has 0 amide bonds. The van der Waals surface area contributed by atoms with E-state index in [-0.39, 0.29) is 12.0 Å². The van der Waals surface area contributed by atoms with E-state index < -0.39 is 0 Å². The highest BCUT2D eigenvalue weighted by molar-refractivity contribution is 5.37. The molecule has 12 heavy (non-hydrogen) atoms. The Labute approximate surface area is 71.8 Å². The van der Waals surface area contributed by atoms with E-state index in [0.29, 0.717) is 12.2 Å². The van der Waals surface area contributed by atoms with Gasteiger partial charge in [0.25, 0.3) is 0 Å². The van der Waals surface area contributed by atoms with Crippen molar-refractivity contribution in [3.8, 4) is 11.5 Å². The van der Waals surface area contributed by atoms with Gasteiger partial charge in [-0.25, -0.2) is 0 Å². The number of hydrogen-bond acceptors (Lipinski definition) is 3. The van der Waals surface area contributed by atoms with Gasteiger partial charge in [0.2, 0.25) is 0 Å². The molecule has 3 nitrogen and oxygen atoms in total. The lowest BCUT2D eigenvalue weighted by Crippen LogP contribution is -2.25. The van der Waals surface area contributed by atoms with E-state index in [1.54, 1.807) is 24.3 Å². The summed E-state index contributed by atoms with van der Waals surface area (Å²) in [5.74, 6) is 0.563. The van der Waals surface area contributed by atoms with Gasteiger partial charge in [0, 0.05) is 0 Å². The Morgan fingerprint density at radius 3 is 2.75 bits per heavy atom. The summed E-state index contributed by atoms with van der Waals surface area (Å²) in [6.45, 7) is 1.92. The van der Waals surface area contributed by atoms with Gasteiger partial charge in [0.15, 0.2) is 11.5 Å². The first kappa shape index (κ1) is 8.87. The Hall–Kier alpha value is -1.22. The van der Waals surface area contributed by atoms with Gasteiger partial charge >= 0.3 is 0 Å². The topological polar surface area (TPSA) is 55.5 Å². The van der Waals surface area contributed by atoms with Crippen molar-refractivity contribution in [1.29, 1.82) is 0 Å². The zero-order valence-corrected chi connectivity index (χ0v) is 7.03. The third kappa shape index (κ3) is 2.13. The molecular formula is C9H13NO2. The van der Waals surface area contributed by atoms with Crippen molar-refractivity contribution >= 4 is 0 Å². The molecule has 1 atom stereocenters. The molecule has 66 valence electrons. The summed E-state index contributed by atoms with van der Waals surface area (Å²) in [7, 11) is 0. The summed E-state index contributed by atoms with van der Waals surface area (Å²) in [5.41, 5.74) is 5.54. The Bertz CT molecular complexity index is 250. The minimum Gasteiger partial charge on any atom is -0.504 e. The third-order valence-electron chi connectivity index (χ3n) is 1.55. The van der Waals surface area contributed by atoms with Crippen LogP contribution < -0.4 is 10.5 Å². The van der Waals surface area contributed by atoms with Crippen LogP contribution >= 0.6 is 0 Å². The molecule has 0 aliphatic rings. The van der Waals surface area contributed by atoms with Crippen molar-refractivity contribution in [3.63, 3.8) is 0 Å². The van der Waals surface area contributed by atoms with Crippen LogP contribution in [0.5, 0.6) is 11.5 Å². The zero-order valence-electron chi connectivity index (χ0n) is 7.03. The van der Waals surface area contributed by atoms with Gasteiger partial charge in [-0.1, -0.05) is 19.1 Å². The molecule has 0 heterocycles. The monoisotopic (exact) mass is 167 g/mol. The number of ether oxygens (including phenoxy) is 1. The number of phenolic OH excluding ortho intramolecular Hbond substituents is 1. The fourth-order valence-corrected chi connectivity index (χ4v) is 0.803. The molecule has 3 heteroatoms. The first-order valence-corrected chi connectivity index (χ1v) is 3.94. The minimum absolute atomic E-state index is 0.126. The quantitative estimate of drug-likeness (QED) is 0.670. The number of hydrogen-bond donors (Lipinski definition) is 2. The standard InChI is InChI=1S/C9H13NO2/c1-2-9(10)12-8-6-4-3-5-7(8)11/h3-6,9,11H,2,10H2,1H3. The Balaban J connectivity index is 2.69. The van der Waals surface area contributed by atoms with E-state index in [9.17, 15) is 5.11 Å². The molecule has 0 aliphatic carbocycles. The second-order valence-corrected chi connectivity index (χ2v) is 2.53. The van der Waals surface area contributed by atoms with Gasteiger partial charge in [0.05, 0.1) is 0 Å². The van der Waals surface area contributed by atoms with Crippen LogP contribution in [0.25, 0.3) is 0 Å². The maximum absolute atomic E-state index is 9.27. The van der Waals surface area contributed by atoms with Crippen molar-refractivity contribution in [2.75, 3.05) is 0 Å². The SMILES string of the molecule is CCC(N)Oc1ccccc1O. The maximum atomic E-state index is 9.27. The molecule has 0 spiro atoms. The molecule has 0 aromatic heterocycles. The number of phenols is 1. The minimum atomic E-state index is -0.349. The third-order valence-corrected chi connectivity index (χ3v) is 1.55. The van der Waals surface area contributed by atoms with Crippen LogP contribution in [0, 0.1) is 0 Å². The van der Waals surface area contributed by atoms with Crippen LogP contribution in [0.1, 0.15) is 13.3 Å². The summed E-state index contributed by atoms with van der Waals surface area (Å²) >= 11 is 0. The number of rotatable bonds is 3. The molecule has 0 bridgehead atoms. The molecule has 0 fully saturated rings. The molecule has 0 saturated heterocycles. The van der Waals surface area contributed by atoms with Crippen LogP contribution in [0.4, 0.5) is 0 Å². The first-order chi connectivity index (χ1) is 5.74. The van der Waals surface area contributed by atoms with Crippen molar-refractivity contribution in [2.24, 2.45) is 5.73 Å². The van der Waals surface area contributed by atoms with Crippen LogP contribution in [0.2, 0.25) is 0 Å². The maximum Gasteiger partial charge on any atom is 0.163 e. The largest absolute Gasteiger partial charge is 0.504 e. The summed E-state index contributed by atoms with van der Waals surface area (Å²) in [6, 6.07) is 6.78. The van der Waals surface area contributed by atoms with Gasteiger partial charge in [-0.2, -0.15) is 0 Å². The van der Waals surface area contributed by atoms with E-state index in [0.717, 1.165) is 0 Å². The molecule has 1 aromatic carbocycles. The number of para-hydroxylation sites is 2. The van der Waals surface area contributed by atoms with E-state index in [2.05, 4.69) is 0 Å². The van der Waals surface area contributed by atoms with Crippen molar-refractivity contribution in [2.45, 2.75) is 19.6 Å². The van der Waals surface area contributed by atoms with Crippen molar-refractivity contribution in [1.82, 2.24) is 0 Å². The van der Waals surface area contributed by atoms with Crippen LogP contribution in [-0.2, 0) is 0 Å². The molecule has 1 unspecified atom stereocenters. The second kappa shape index (κ2) is 3.97. The zero-order chi connectivity index (χ0) is 8.97.